The molecule has 0 bridgehead atoms. The molecule has 0 radical (unpaired) electrons. The van der Waals surface area contributed by atoms with Crippen LogP contribution in [-0.2, 0) is 0 Å². The molecule has 30 heavy (non-hydrogen) atoms. The van der Waals surface area contributed by atoms with Gasteiger partial charge in [-0.15, -0.1) is 0 Å². The molecule has 0 spiro atoms. The van der Waals surface area contributed by atoms with Gasteiger partial charge in [-0.2, -0.15) is 5.10 Å². The second-order valence-electron chi connectivity index (χ2n) is 7.19. The molecule has 0 unspecified atom stereocenters. The first-order valence-electron chi connectivity index (χ1n) is 9.58. The molecule has 156 valence electrons. The van der Waals surface area contributed by atoms with Gasteiger partial charge in [-0.25, -0.2) is 4.98 Å². The van der Waals surface area contributed by atoms with Crippen molar-refractivity contribution >= 4 is 71.5 Å². The van der Waals surface area contributed by atoms with Crippen LogP contribution >= 0.6 is 38.9 Å². The molecule has 9 heteroatoms. The number of piperazine rings is 1. The van der Waals surface area contributed by atoms with Crippen molar-refractivity contribution in [2.45, 2.75) is 13.8 Å². The fraction of sp³-hybridized carbons (Fsp3) is 0.286. The number of carbonyl (C=O) groups excluding carboxylic acids is 1. The Bertz CT molecular complexity index is 1120. The van der Waals surface area contributed by atoms with Gasteiger partial charge >= 0.3 is 0 Å². The van der Waals surface area contributed by atoms with E-state index in [1.165, 1.54) is 0 Å². The van der Waals surface area contributed by atoms with E-state index >= 15 is 0 Å². The lowest BCUT2D eigenvalue weighted by atomic mass is 10.1. The van der Waals surface area contributed by atoms with Gasteiger partial charge in [-0.05, 0) is 54.0 Å². The third kappa shape index (κ3) is 4.31. The minimum Gasteiger partial charge on any atom is -0.365 e. The molecular weight excluding hydrogens is 486 g/mol. The van der Waals surface area contributed by atoms with Gasteiger partial charge in [0.1, 0.15) is 5.52 Å². The Labute approximate surface area is 192 Å². The number of fused-ring (bicyclic) bond motifs is 1. The van der Waals surface area contributed by atoms with Gasteiger partial charge in [0.25, 0.3) is 5.91 Å². The van der Waals surface area contributed by atoms with E-state index in [9.17, 15) is 4.79 Å². The highest BCUT2D eigenvalue weighted by molar-refractivity contribution is 9.10. The predicted octanol–water partition coefficient (Wildman–Crippen LogP) is 5.48. The van der Waals surface area contributed by atoms with Gasteiger partial charge in [0.05, 0.1) is 21.0 Å². The molecular formula is C21H21BrClN5OS. The average Bonchev–Trinajstić information content (AvgIpc) is 3.15. The number of hydrogen-bond acceptors (Lipinski definition) is 6. The highest BCUT2D eigenvalue weighted by Crippen LogP contribution is 2.38. The monoisotopic (exact) mass is 505 g/mol. The smallest absolute Gasteiger partial charge is 0.255 e. The summed E-state index contributed by atoms with van der Waals surface area (Å²) in [6.07, 6.45) is 0. The summed E-state index contributed by atoms with van der Waals surface area (Å²) >= 11 is 11.6. The maximum Gasteiger partial charge on any atom is 0.255 e. The Morgan fingerprint density at radius 2 is 1.90 bits per heavy atom. The van der Waals surface area contributed by atoms with E-state index in [-0.39, 0.29) is 5.91 Å². The molecule has 1 amide bonds. The van der Waals surface area contributed by atoms with Crippen molar-refractivity contribution < 1.29 is 4.79 Å². The molecule has 1 aliphatic heterocycles. The molecule has 1 aliphatic rings. The number of nitrogens with one attached hydrogen (secondary N) is 1. The lowest BCUT2D eigenvalue weighted by Crippen LogP contribution is -2.49. The van der Waals surface area contributed by atoms with E-state index in [2.05, 4.69) is 31.4 Å². The summed E-state index contributed by atoms with van der Waals surface area (Å²) in [6, 6.07) is 11.4. The maximum absolute atomic E-state index is 12.9. The van der Waals surface area contributed by atoms with Crippen molar-refractivity contribution in [1.82, 2.24) is 9.88 Å². The van der Waals surface area contributed by atoms with E-state index < -0.39 is 0 Å². The number of benzene rings is 2. The number of rotatable bonds is 4. The largest absolute Gasteiger partial charge is 0.365 e. The molecule has 1 N–H and O–H groups in total. The van der Waals surface area contributed by atoms with E-state index in [0.29, 0.717) is 36.8 Å². The molecule has 3 aromatic rings. The van der Waals surface area contributed by atoms with Crippen molar-refractivity contribution in [2.24, 2.45) is 5.10 Å². The fourth-order valence-corrected chi connectivity index (χ4v) is 4.94. The normalized spacial score (nSPS) is 14.1. The summed E-state index contributed by atoms with van der Waals surface area (Å²) in [5, 5.41) is 5.64. The van der Waals surface area contributed by atoms with Crippen LogP contribution in [0.2, 0.25) is 5.02 Å². The van der Waals surface area contributed by atoms with Crippen molar-refractivity contribution in [1.29, 1.82) is 0 Å². The van der Waals surface area contributed by atoms with Crippen LogP contribution in [0.3, 0.4) is 0 Å². The number of aromatic nitrogens is 1. The molecule has 6 nitrogen and oxygen atoms in total. The number of thiazole rings is 1. The van der Waals surface area contributed by atoms with Crippen LogP contribution in [0.15, 0.2) is 46.0 Å². The Hall–Kier alpha value is -2.16. The molecule has 1 saturated heterocycles. The minimum absolute atomic E-state index is 0.0411. The third-order valence-electron chi connectivity index (χ3n) is 4.85. The molecule has 0 saturated carbocycles. The third-order valence-corrected chi connectivity index (χ3v) is 6.77. The molecule has 4 rings (SSSR count). The zero-order chi connectivity index (χ0) is 21.3. The number of carbonyl (C=O) groups is 1. The first-order valence-corrected chi connectivity index (χ1v) is 11.6. The first kappa shape index (κ1) is 21.1. The summed E-state index contributed by atoms with van der Waals surface area (Å²) < 4.78 is 1.87. The van der Waals surface area contributed by atoms with Crippen LogP contribution in [-0.4, -0.2) is 47.7 Å². The second-order valence-corrected chi connectivity index (χ2v) is 9.48. The Morgan fingerprint density at radius 3 is 2.60 bits per heavy atom. The number of amides is 1. The van der Waals surface area contributed by atoms with Crippen molar-refractivity contribution in [3.8, 4) is 0 Å². The molecule has 1 fully saturated rings. The summed E-state index contributed by atoms with van der Waals surface area (Å²) in [5.74, 6) is 0.0411. The SMILES string of the molecule is CC(C)=NNc1nc2c(N3CCN(C(=O)c4ccccc4Br)CC3)c(Cl)ccc2s1. The van der Waals surface area contributed by atoms with E-state index in [4.69, 9.17) is 16.6 Å². The Balaban J connectivity index is 1.54. The molecule has 2 heterocycles. The molecule has 0 atom stereocenters. The van der Waals surface area contributed by atoms with Crippen LogP contribution in [0, 0.1) is 0 Å². The number of hydrogen-bond donors (Lipinski definition) is 1. The van der Waals surface area contributed by atoms with Crippen molar-refractivity contribution in [3.63, 3.8) is 0 Å². The highest BCUT2D eigenvalue weighted by atomic mass is 79.9. The average molecular weight is 507 g/mol. The zero-order valence-corrected chi connectivity index (χ0v) is 19.8. The van der Waals surface area contributed by atoms with E-state index in [1.807, 2.05) is 55.1 Å². The van der Waals surface area contributed by atoms with Gasteiger partial charge < -0.3 is 9.80 Å². The van der Waals surface area contributed by atoms with Crippen molar-refractivity contribution in [3.05, 3.63) is 51.5 Å². The summed E-state index contributed by atoms with van der Waals surface area (Å²) in [5.41, 5.74) is 6.41. The lowest BCUT2D eigenvalue weighted by molar-refractivity contribution is 0.0746. The number of hydrazone groups is 1. The molecule has 2 aromatic carbocycles. The van der Waals surface area contributed by atoms with Gasteiger partial charge in [-0.1, -0.05) is 35.1 Å². The van der Waals surface area contributed by atoms with Crippen LogP contribution in [0.5, 0.6) is 0 Å². The highest BCUT2D eigenvalue weighted by Gasteiger charge is 2.26. The van der Waals surface area contributed by atoms with Gasteiger partial charge in [0, 0.05) is 36.4 Å². The van der Waals surface area contributed by atoms with Crippen LogP contribution in [0.4, 0.5) is 10.8 Å². The Morgan fingerprint density at radius 1 is 1.17 bits per heavy atom. The molecule has 0 aliphatic carbocycles. The summed E-state index contributed by atoms with van der Waals surface area (Å²) in [4.78, 5) is 21.7. The number of nitrogens with zero attached hydrogens (tertiary/aromatic N) is 4. The molecule has 1 aromatic heterocycles. The van der Waals surface area contributed by atoms with E-state index in [0.717, 1.165) is 31.2 Å². The first-order chi connectivity index (χ1) is 14.4. The number of anilines is 2. The topological polar surface area (TPSA) is 60.8 Å². The Kier molecular flexibility index (Phi) is 6.26. The zero-order valence-electron chi connectivity index (χ0n) is 16.7. The van der Waals surface area contributed by atoms with Crippen LogP contribution < -0.4 is 10.3 Å². The van der Waals surface area contributed by atoms with Gasteiger partial charge in [-0.3, -0.25) is 10.2 Å². The van der Waals surface area contributed by atoms with Gasteiger partial charge in [0.15, 0.2) is 0 Å². The van der Waals surface area contributed by atoms with Crippen molar-refractivity contribution in [2.75, 3.05) is 36.5 Å². The summed E-state index contributed by atoms with van der Waals surface area (Å²) in [6.45, 7) is 6.50. The van der Waals surface area contributed by atoms with Crippen LogP contribution in [0.1, 0.15) is 24.2 Å². The van der Waals surface area contributed by atoms with E-state index in [1.54, 1.807) is 11.3 Å². The summed E-state index contributed by atoms with van der Waals surface area (Å²) in [7, 11) is 0. The van der Waals surface area contributed by atoms with Gasteiger partial charge in [0.2, 0.25) is 5.13 Å². The number of halogens is 2. The second kappa shape index (κ2) is 8.91. The van der Waals surface area contributed by atoms with Crippen LogP contribution in [0.25, 0.3) is 10.2 Å². The maximum atomic E-state index is 12.9. The standard InChI is InChI=1S/C21H21BrClN5OS/c1-13(2)25-26-21-24-18-17(30-21)8-7-16(23)19(18)27-9-11-28(12-10-27)20(29)14-5-3-4-6-15(14)22/h3-8H,9-12H2,1-2H3,(H,24,26). The lowest BCUT2D eigenvalue weighted by Gasteiger charge is -2.36. The minimum atomic E-state index is 0.0411. The quantitative estimate of drug-likeness (QED) is 0.376. The fourth-order valence-electron chi connectivity index (χ4n) is 3.40. The predicted molar refractivity (Wildman–Crippen MR) is 129 cm³/mol.